The Bertz CT molecular complexity index is 655. The molecular weight excluding hydrogens is 302 g/mol. The molecule has 0 bridgehead atoms. The van der Waals surface area contributed by atoms with Gasteiger partial charge in [0.05, 0.1) is 20.6 Å². The van der Waals surface area contributed by atoms with E-state index in [-0.39, 0.29) is 11.9 Å². The van der Waals surface area contributed by atoms with Gasteiger partial charge in [0.2, 0.25) is 5.91 Å². The summed E-state index contributed by atoms with van der Waals surface area (Å²) in [5.74, 6) is 1.32. The number of aryl methyl sites for hydroxylation is 1. The summed E-state index contributed by atoms with van der Waals surface area (Å²) in [6.45, 7) is 2.04. The fourth-order valence-electron chi connectivity index (χ4n) is 2.60. The zero-order valence-electron chi connectivity index (χ0n) is 14.5. The van der Waals surface area contributed by atoms with Gasteiger partial charge in [0.25, 0.3) is 0 Å². The summed E-state index contributed by atoms with van der Waals surface area (Å²) in [4.78, 5) is 12.2. The van der Waals surface area contributed by atoms with E-state index in [4.69, 9.17) is 9.47 Å². The lowest BCUT2D eigenvalue weighted by Gasteiger charge is -2.14. The van der Waals surface area contributed by atoms with Gasteiger partial charge in [-0.25, -0.2) is 0 Å². The molecule has 0 unspecified atom stereocenters. The predicted molar refractivity (Wildman–Crippen MR) is 95.6 cm³/mol. The van der Waals surface area contributed by atoms with Gasteiger partial charge >= 0.3 is 0 Å². The van der Waals surface area contributed by atoms with Gasteiger partial charge in [-0.15, -0.1) is 0 Å². The summed E-state index contributed by atoms with van der Waals surface area (Å²) in [5, 5.41) is 3.05. The molecule has 0 radical (unpaired) electrons. The lowest BCUT2D eigenvalue weighted by atomic mass is 10.1. The fourth-order valence-corrected chi connectivity index (χ4v) is 2.60. The first-order valence-corrected chi connectivity index (χ1v) is 8.16. The van der Waals surface area contributed by atoms with Crippen molar-refractivity contribution in [1.82, 2.24) is 5.32 Å². The largest absolute Gasteiger partial charge is 0.493 e. The molecule has 1 amide bonds. The molecular formula is C20H25NO3. The second-order valence-electron chi connectivity index (χ2n) is 5.86. The van der Waals surface area contributed by atoms with Gasteiger partial charge in [0.15, 0.2) is 11.5 Å². The van der Waals surface area contributed by atoms with Gasteiger partial charge in [-0.05, 0) is 43.0 Å². The lowest BCUT2D eigenvalue weighted by molar-refractivity contribution is -0.121. The maximum absolute atomic E-state index is 12.2. The number of carbonyl (C=O) groups is 1. The van der Waals surface area contributed by atoms with Crippen LogP contribution in [0.4, 0.5) is 0 Å². The van der Waals surface area contributed by atoms with Crippen LogP contribution in [0.3, 0.4) is 0 Å². The Kier molecular flexibility index (Phi) is 6.67. The van der Waals surface area contributed by atoms with E-state index < -0.39 is 0 Å². The van der Waals surface area contributed by atoms with Crippen molar-refractivity contribution < 1.29 is 14.3 Å². The number of benzene rings is 2. The third kappa shape index (κ3) is 5.30. The van der Waals surface area contributed by atoms with Gasteiger partial charge in [0.1, 0.15) is 0 Å². The Morgan fingerprint density at radius 2 is 1.71 bits per heavy atom. The standard InChI is InChI=1S/C20H25NO3/c1-15(9-10-16-7-5-4-6-8-16)21-20(22)14-17-11-12-18(23-2)19(13-17)24-3/h4-8,11-13,15H,9-10,14H2,1-3H3,(H,21,22)/t15-/m0/s1. The normalized spacial score (nSPS) is 11.6. The van der Waals surface area contributed by atoms with E-state index in [9.17, 15) is 4.79 Å². The highest BCUT2D eigenvalue weighted by atomic mass is 16.5. The molecule has 24 heavy (non-hydrogen) atoms. The second kappa shape index (κ2) is 8.96. The van der Waals surface area contributed by atoms with E-state index in [2.05, 4.69) is 17.4 Å². The smallest absolute Gasteiger partial charge is 0.224 e. The molecule has 0 aromatic heterocycles. The number of amides is 1. The molecule has 2 aromatic rings. The molecule has 0 aliphatic rings. The highest BCUT2D eigenvalue weighted by Crippen LogP contribution is 2.27. The number of hydrogen-bond acceptors (Lipinski definition) is 3. The van der Waals surface area contributed by atoms with E-state index in [1.165, 1.54) is 5.56 Å². The number of carbonyl (C=O) groups excluding carboxylic acids is 1. The SMILES string of the molecule is COc1ccc(CC(=O)N[C@@H](C)CCc2ccccc2)cc1OC. The monoisotopic (exact) mass is 327 g/mol. The Morgan fingerprint density at radius 1 is 1.00 bits per heavy atom. The number of hydrogen-bond donors (Lipinski definition) is 1. The number of rotatable bonds is 8. The van der Waals surface area contributed by atoms with Crippen LogP contribution < -0.4 is 14.8 Å². The van der Waals surface area contributed by atoms with Crippen LogP contribution in [0.1, 0.15) is 24.5 Å². The van der Waals surface area contributed by atoms with Crippen LogP contribution in [0.5, 0.6) is 11.5 Å². The van der Waals surface area contributed by atoms with Crippen LogP contribution in [0.25, 0.3) is 0 Å². The third-order valence-electron chi connectivity index (χ3n) is 3.93. The molecule has 0 saturated carbocycles. The van der Waals surface area contributed by atoms with Crippen LogP contribution in [0.15, 0.2) is 48.5 Å². The summed E-state index contributed by atoms with van der Waals surface area (Å²) < 4.78 is 10.5. The number of methoxy groups -OCH3 is 2. The van der Waals surface area contributed by atoms with Crippen LogP contribution in [-0.2, 0) is 17.6 Å². The molecule has 4 heteroatoms. The predicted octanol–water partition coefficient (Wildman–Crippen LogP) is 3.38. The first-order valence-electron chi connectivity index (χ1n) is 8.16. The van der Waals surface area contributed by atoms with Crippen molar-refractivity contribution in [2.75, 3.05) is 14.2 Å². The fraction of sp³-hybridized carbons (Fsp3) is 0.350. The molecule has 1 N–H and O–H groups in total. The van der Waals surface area contributed by atoms with E-state index in [1.54, 1.807) is 14.2 Å². The van der Waals surface area contributed by atoms with E-state index >= 15 is 0 Å². The van der Waals surface area contributed by atoms with E-state index in [0.717, 1.165) is 18.4 Å². The average molecular weight is 327 g/mol. The lowest BCUT2D eigenvalue weighted by Crippen LogP contribution is -2.34. The Hall–Kier alpha value is -2.49. The number of nitrogens with one attached hydrogen (secondary N) is 1. The molecule has 0 aliphatic carbocycles. The summed E-state index contributed by atoms with van der Waals surface area (Å²) in [7, 11) is 3.19. The van der Waals surface area contributed by atoms with Gasteiger partial charge in [0, 0.05) is 6.04 Å². The minimum Gasteiger partial charge on any atom is -0.493 e. The molecule has 1 atom stereocenters. The molecule has 0 saturated heterocycles. The molecule has 0 fully saturated rings. The van der Waals surface area contributed by atoms with E-state index in [0.29, 0.717) is 17.9 Å². The minimum absolute atomic E-state index is 0.0165. The maximum Gasteiger partial charge on any atom is 0.224 e. The molecule has 0 spiro atoms. The first-order chi connectivity index (χ1) is 11.6. The Balaban J connectivity index is 1.84. The van der Waals surface area contributed by atoms with Crippen molar-refractivity contribution in [3.63, 3.8) is 0 Å². The zero-order valence-corrected chi connectivity index (χ0v) is 14.5. The first kappa shape index (κ1) is 17.9. The summed E-state index contributed by atoms with van der Waals surface area (Å²) in [6.07, 6.45) is 2.20. The van der Waals surface area contributed by atoms with Crippen molar-refractivity contribution >= 4 is 5.91 Å². The molecule has 0 aliphatic heterocycles. The van der Waals surface area contributed by atoms with Crippen LogP contribution in [0.2, 0.25) is 0 Å². The highest BCUT2D eigenvalue weighted by Gasteiger charge is 2.11. The minimum atomic E-state index is 0.0165. The Labute approximate surface area is 143 Å². The molecule has 4 nitrogen and oxygen atoms in total. The van der Waals surface area contributed by atoms with Gasteiger partial charge in [-0.3, -0.25) is 4.79 Å². The number of ether oxygens (including phenoxy) is 2. The molecule has 0 heterocycles. The van der Waals surface area contributed by atoms with Gasteiger partial charge < -0.3 is 14.8 Å². The molecule has 2 rings (SSSR count). The molecule has 128 valence electrons. The topological polar surface area (TPSA) is 47.6 Å². The van der Waals surface area contributed by atoms with Crippen molar-refractivity contribution in [1.29, 1.82) is 0 Å². The summed E-state index contributed by atoms with van der Waals surface area (Å²) in [6, 6.07) is 16.0. The second-order valence-corrected chi connectivity index (χ2v) is 5.86. The molecule has 2 aromatic carbocycles. The highest BCUT2D eigenvalue weighted by molar-refractivity contribution is 5.79. The summed E-state index contributed by atoms with van der Waals surface area (Å²) >= 11 is 0. The van der Waals surface area contributed by atoms with E-state index in [1.807, 2.05) is 43.3 Å². The quantitative estimate of drug-likeness (QED) is 0.808. The van der Waals surface area contributed by atoms with Crippen molar-refractivity contribution in [3.8, 4) is 11.5 Å². The van der Waals surface area contributed by atoms with Crippen molar-refractivity contribution in [2.45, 2.75) is 32.2 Å². The van der Waals surface area contributed by atoms with Gasteiger partial charge in [-0.2, -0.15) is 0 Å². The van der Waals surface area contributed by atoms with Crippen LogP contribution in [-0.4, -0.2) is 26.2 Å². The Morgan fingerprint density at radius 3 is 2.38 bits per heavy atom. The van der Waals surface area contributed by atoms with Crippen molar-refractivity contribution in [3.05, 3.63) is 59.7 Å². The maximum atomic E-state index is 12.2. The zero-order chi connectivity index (χ0) is 17.4. The average Bonchev–Trinajstić information content (AvgIpc) is 2.60. The van der Waals surface area contributed by atoms with Crippen LogP contribution >= 0.6 is 0 Å². The van der Waals surface area contributed by atoms with Gasteiger partial charge in [-0.1, -0.05) is 36.4 Å². The third-order valence-corrected chi connectivity index (χ3v) is 3.93. The summed E-state index contributed by atoms with van der Waals surface area (Å²) in [5.41, 5.74) is 2.19. The van der Waals surface area contributed by atoms with Crippen LogP contribution in [0, 0.1) is 0 Å². The van der Waals surface area contributed by atoms with Crippen molar-refractivity contribution in [2.24, 2.45) is 0 Å².